The van der Waals surface area contributed by atoms with Crippen molar-refractivity contribution in [2.24, 2.45) is 0 Å². The number of fused-ring (bicyclic) bond motifs is 1. The summed E-state index contributed by atoms with van der Waals surface area (Å²) in [6.45, 7) is 1.90. The number of benzene rings is 1. The van der Waals surface area contributed by atoms with Gasteiger partial charge in [-0.1, -0.05) is 11.6 Å². The molecule has 0 N–H and O–H groups in total. The van der Waals surface area contributed by atoms with Gasteiger partial charge in [0.25, 0.3) is 0 Å². The molecule has 1 heterocycles. The fourth-order valence-electron chi connectivity index (χ4n) is 1.08. The van der Waals surface area contributed by atoms with Crippen LogP contribution in [0.3, 0.4) is 0 Å². The number of furan rings is 1. The normalized spacial score (nSPS) is 10.7. The van der Waals surface area contributed by atoms with Crippen molar-refractivity contribution in [1.29, 1.82) is 0 Å². The Kier molecular flexibility index (Phi) is 1.40. The zero-order valence-corrected chi connectivity index (χ0v) is 6.77. The Hall–Kier alpha value is -0.950. The van der Waals surface area contributed by atoms with Crippen molar-refractivity contribution in [3.63, 3.8) is 0 Å². The Bertz CT molecular complexity index is 389. The Morgan fingerprint density at radius 3 is 3.09 bits per heavy atom. The maximum Gasteiger partial charge on any atom is 0.142 e. The second kappa shape index (κ2) is 2.28. The van der Waals surface area contributed by atoms with Crippen LogP contribution in [-0.4, -0.2) is 0 Å². The standard InChI is InChI=1S/C9H6ClO/c1-6-4-7-5-8(10)2-3-9(7)11-6/h2,4-5H,1H3. The van der Waals surface area contributed by atoms with E-state index in [1.165, 1.54) is 0 Å². The summed E-state index contributed by atoms with van der Waals surface area (Å²) in [7, 11) is 0. The topological polar surface area (TPSA) is 13.1 Å². The summed E-state index contributed by atoms with van der Waals surface area (Å²) in [5.74, 6) is 0.888. The second-order valence-corrected chi connectivity index (χ2v) is 2.90. The minimum atomic E-state index is 0.693. The minimum Gasteiger partial charge on any atom is -0.461 e. The lowest BCUT2D eigenvalue weighted by Gasteiger charge is -1.86. The lowest BCUT2D eigenvalue weighted by atomic mass is 10.2. The number of halogens is 1. The van der Waals surface area contributed by atoms with Gasteiger partial charge < -0.3 is 4.42 Å². The molecule has 2 aromatic rings. The summed E-state index contributed by atoms with van der Waals surface area (Å²) in [6.07, 6.45) is 0. The average molecular weight is 166 g/mol. The molecule has 11 heavy (non-hydrogen) atoms. The smallest absolute Gasteiger partial charge is 0.142 e. The molecule has 1 radical (unpaired) electrons. The molecular weight excluding hydrogens is 160 g/mol. The predicted molar refractivity (Wildman–Crippen MR) is 44.8 cm³/mol. The quantitative estimate of drug-likeness (QED) is 0.584. The zero-order valence-electron chi connectivity index (χ0n) is 6.02. The van der Waals surface area contributed by atoms with Crippen LogP contribution in [0, 0.1) is 13.0 Å². The number of hydrogen-bond acceptors (Lipinski definition) is 1. The summed E-state index contributed by atoms with van der Waals surface area (Å²) in [5, 5.41) is 1.70. The average Bonchev–Trinajstić information content (AvgIpc) is 2.27. The summed E-state index contributed by atoms with van der Waals surface area (Å²) >= 11 is 5.76. The third-order valence-electron chi connectivity index (χ3n) is 1.52. The number of aryl methyl sites for hydroxylation is 1. The van der Waals surface area contributed by atoms with Crippen LogP contribution >= 0.6 is 11.6 Å². The van der Waals surface area contributed by atoms with E-state index in [4.69, 9.17) is 16.0 Å². The van der Waals surface area contributed by atoms with E-state index in [2.05, 4.69) is 6.07 Å². The van der Waals surface area contributed by atoms with Gasteiger partial charge >= 0.3 is 0 Å². The highest BCUT2D eigenvalue weighted by molar-refractivity contribution is 6.31. The zero-order chi connectivity index (χ0) is 7.84. The van der Waals surface area contributed by atoms with Crippen molar-refractivity contribution in [2.75, 3.05) is 0 Å². The third kappa shape index (κ3) is 1.12. The highest BCUT2D eigenvalue weighted by Gasteiger charge is 1.99. The lowest BCUT2D eigenvalue weighted by molar-refractivity contribution is 0.578. The molecule has 1 aromatic heterocycles. The number of rotatable bonds is 0. The first-order chi connectivity index (χ1) is 5.25. The van der Waals surface area contributed by atoms with Crippen LogP contribution in [0.25, 0.3) is 11.0 Å². The molecule has 0 spiro atoms. The highest BCUT2D eigenvalue weighted by Crippen LogP contribution is 2.21. The van der Waals surface area contributed by atoms with Crippen LogP contribution in [0.4, 0.5) is 0 Å². The van der Waals surface area contributed by atoms with Gasteiger partial charge in [-0.05, 0) is 25.1 Å². The molecule has 1 nitrogen and oxygen atoms in total. The molecule has 0 aliphatic rings. The van der Waals surface area contributed by atoms with Gasteiger partial charge in [-0.25, -0.2) is 0 Å². The molecule has 0 bridgehead atoms. The van der Waals surface area contributed by atoms with Gasteiger partial charge in [0.05, 0.1) is 0 Å². The SMILES string of the molecule is Cc1cc2cc(Cl)c[c]c2o1. The largest absolute Gasteiger partial charge is 0.461 e. The Morgan fingerprint density at radius 1 is 1.45 bits per heavy atom. The molecule has 2 rings (SSSR count). The Labute approximate surface area is 69.6 Å². The van der Waals surface area contributed by atoms with Crippen molar-refractivity contribution >= 4 is 22.6 Å². The van der Waals surface area contributed by atoms with Gasteiger partial charge in [0.15, 0.2) is 0 Å². The first-order valence-electron chi connectivity index (χ1n) is 3.33. The molecule has 1 aromatic carbocycles. The number of hydrogen-bond donors (Lipinski definition) is 0. The van der Waals surface area contributed by atoms with E-state index in [9.17, 15) is 0 Å². The molecule has 0 fully saturated rings. The van der Waals surface area contributed by atoms with Crippen molar-refractivity contribution in [3.8, 4) is 0 Å². The predicted octanol–water partition coefficient (Wildman–Crippen LogP) is 3.19. The third-order valence-corrected chi connectivity index (χ3v) is 1.74. The van der Waals surface area contributed by atoms with Crippen LogP contribution in [0.15, 0.2) is 22.6 Å². The van der Waals surface area contributed by atoms with Crippen LogP contribution in [0.1, 0.15) is 5.76 Å². The fourth-order valence-corrected chi connectivity index (χ4v) is 1.25. The molecular formula is C9H6ClO. The summed E-state index contributed by atoms with van der Waals surface area (Å²) in [4.78, 5) is 0. The van der Waals surface area contributed by atoms with Crippen molar-refractivity contribution in [1.82, 2.24) is 0 Å². The monoisotopic (exact) mass is 165 g/mol. The molecule has 0 amide bonds. The van der Waals surface area contributed by atoms with Crippen LogP contribution < -0.4 is 0 Å². The van der Waals surface area contributed by atoms with Gasteiger partial charge in [0.1, 0.15) is 11.3 Å². The van der Waals surface area contributed by atoms with Crippen molar-refractivity contribution in [3.05, 3.63) is 35.0 Å². The van der Waals surface area contributed by atoms with Gasteiger partial charge in [0, 0.05) is 16.5 Å². The molecule has 55 valence electrons. The van der Waals surface area contributed by atoms with Gasteiger partial charge in [-0.15, -0.1) is 0 Å². The van der Waals surface area contributed by atoms with E-state index in [1.807, 2.05) is 19.1 Å². The maximum atomic E-state index is 5.76. The summed E-state index contributed by atoms with van der Waals surface area (Å²) in [6, 6.07) is 8.45. The Balaban J connectivity index is 2.82. The maximum absolute atomic E-state index is 5.76. The van der Waals surface area contributed by atoms with E-state index in [-0.39, 0.29) is 0 Å². The van der Waals surface area contributed by atoms with Crippen LogP contribution in [0.5, 0.6) is 0 Å². The molecule has 0 aliphatic heterocycles. The molecule has 0 saturated heterocycles. The summed E-state index contributed by atoms with van der Waals surface area (Å²) < 4.78 is 5.31. The van der Waals surface area contributed by atoms with Gasteiger partial charge in [-0.3, -0.25) is 0 Å². The van der Waals surface area contributed by atoms with E-state index in [0.29, 0.717) is 5.02 Å². The summed E-state index contributed by atoms with van der Waals surface area (Å²) in [5.41, 5.74) is 0.770. The van der Waals surface area contributed by atoms with E-state index in [0.717, 1.165) is 16.7 Å². The second-order valence-electron chi connectivity index (χ2n) is 2.46. The molecule has 2 heteroatoms. The molecule has 0 atom stereocenters. The van der Waals surface area contributed by atoms with E-state index >= 15 is 0 Å². The van der Waals surface area contributed by atoms with Crippen LogP contribution in [0.2, 0.25) is 5.02 Å². The Morgan fingerprint density at radius 2 is 2.27 bits per heavy atom. The highest BCUT2D eigenvalue weighted by atomic mass is 35.5. The van der Waals surface area contributed by atoms with Gasteiger partial charge in [0.2, 0.25) is 0 Å². The molecule has 0 saturated carbocycles. The first-order valence-corrected chi connectivity index (χ1v) is 3.71. The van der Waals surface area contributed by atoms with E-state index in [1.54, 1.807) is 6.07 Å². The van der Waals surface area contributed by atoms with Crippen LogP contribution in [-0.2, 0) is 0 Å². The minimum absolute atomic E-state index is 0.693. The first kappa shape index (κ1) is 6.74. The van der Waals surface area contributed by atoms with Gasteiger partial charge in [-0.2, -0.15) is 0 Å². The van der Waals surface area contributed by atoms with Crippen molar-refractivity contribution < 1.29 is 4.42 Å². The van der Waals surface area contributed by atoms with E-state index < -0.39 is 0 Å². The lowest BCUT2D eigenvalue weighted by Crippen LogP contribution is -1.63. The fraction of sp³-hybridized carbons (Fsp3) is 0.111. The van der Waals surface area contributed by atoms with Crippen molar-refractivity contribution in [2.45, 2.75) is 6.92 Å². The molecule has 0 unspecified atom stereocenters. The molecule has 0 aliphatic carbocycles.